The first-order valence-electron chi connectivity index (χ1n) is 9.31. The van der Waals surface area contributed by atoms with Gasteiger partial charge < -0.3 is 10.5 Å². The Kier molecular flexibility index (Phi) is 5.18. The second-order valence-corrected chi connectivity index (χ2v) is 7.60. The number of aryl methyl sites for hydroxylation is 1. The first kappa shape index (κ1) is 18.7. The summed E-state index contributed by atoms with van der Waals surface area (Å²) >= 11 is 6.11. The maximum atomic E-state index is 15.5. The zero-order chi connectivity index (χ0) is 19.7. The van der Waals surface area contributed by atoms with Crippen molar-refractivity contribution >= 4 is 17.4 Å². The average Bonchev–Trinajstić information content (AvgIpc) is 2.63. The largest absolute Gasteiger partial charge is 0.485 e. The summed E-state index contributed by atoms with van der Waals surface area (Å²) in [6.07, 6.45) is 6.15. The van der Waals surface area contributed by atoms with Crippen molar-refractivity contribution in [3.05, 3.63) is 70.3 Å². The Labute approximate surface area is 168 Å². The van der Waals surface area contributed by atoms with Crippen LogP contribution in [0.5, 0.6) is 5.75 Å². The Bertz CT molecular complexity index is 1000. The third-order valence-corrected chi connectivity index (χ3v) is 5.54. The van der Waals surface area contributed by atoms with Crippen molar-refractivity contribution in [2.75, 3.05) is 5.73 Å². The topological polar surface area (TPSA) is 61.0 Å². The maximum absolute atomic E-state index is 15.5. The van der Waals surface area contributed by atoms with Gasteiger partial charge in [-0.25, -0.2) is 9.37 Å². The number of nitrogens with two attached hydrogens (primary N) is 1. The molecule has 2 N–H and O–H groups in total. The molecule has 4 nitrogen and oxygen atoms in total. The van der Waals surface area contributed by atoms with Crippen molar-refractivity contribution in [3.63, 3.8) is 0 Å². The van der Waals surface area contributed by atoms with Crippen molar-refractivity contribution in [3.8, 4) is 17.0 Å². The van der Waals surface area contributed by atoms with Gasteiger partial charge in [0.15, 0.2) is 11.6 Å². The molecule has 0 amide bonds. The highest BCUT2D eigenvalue weighted by molar-refractivity contribution is 6.30. The Morgan fingerprint density at radius 3 is 2.68 bits per heavy atom. The molecule has 1 aromatic heterocycles. The average molecular weight is 398 g/mol. The molecule has 0 aliphatic heterocycles. The maximum Gasteiger partial charge on any atom is 0.174 e. The van der Waals surface area contributed by atoms with Crippen molar-refractivity contribution in [1.29, 1.82) is 0 Å². The highest BCUT2D eigenvalue weighted by atomic mass is 35.5. The van der Waals surface area contributed by atoms with E-state index in [0.29, 0.717) is 33.8 Å². The van der Waals surface area contributed by atoms with Crippen molar-refractivity contribution in [2.24, 2.45) is 0 Å². The van der Waals surface area contributed by atoms with Crippen LogP contribution in [0.25, 0.3) is 11.3 Å². The summed E-state index contributed by atoms with van der Waals surface area (Å²) in [6.45, 7) is 2.23. The molecule has 0 spiro atoms. The summed E-state index contributed by atoms with van der Waals surface area (Å²) in [6, 6.07) is 9.32. The van der Waals surface area contributed by atoms with Crippen LogP contribution in [0, 0.1) is 12.7 Å². The lowest BCUT2D eigenvalue weighted by atomic mass is 9.79. The van der Waals surface area contributed by atoms with E-state index in [4.69, 9.17) is 22.1 Å². The predicted octanol–water partition coefficient (Wildman–Crippen LogP) is 5.67. The van der Waals surface area contributed by atoms with E-state index in [0.717, 1.165) is 36.0 Å². The predicted molar refractivity (Wildman–Crippen MR) is 109 cm³/mol. The summed E-state index contributed by atoms with van der Waals surface area (Å²) in [5.74, 6) is 0.503. The molecule has 6 heteroatoms. The molecule has 0 saturated heterocycles. The van der Waals surface area contributed by atoms with Crippen LogP contribution in [0.1, 0.15) is 41.9 Å². The van der Waals surface area contributed by atoms with Gasteiger partial charge in [-0.2, -0.15) is 0 Å². The van der Waals surface area contributed by atoms with Gasteiger partial charge in [0.1, 0.15) is 12.4 Å². The summed E-state index contributed by atoms with van der Waals surface area (Å²) in [5.41, 5.74) is 9.28. The van der Waals surface area contributed by atoms with Gasteiger partial charge in [-0.05, 0) is 55.0 Å². The third kappa shape index (κ3) is 3.67. The fourth-order valence-electron chi connectivity index (χ4n) is 3.38. The number of rotatable bonds is 5. The second kappa shape index (κ2) is 7.76. The minimum atomic E-state index is -0.414. The second-order valence-electron chi connectivity index (χ2n) is 7.16. The van der Waals surface area contributed by atoms with E-state index in [2.05, 4.69) is 9.97 Å². The number of benzene rings is 2. The Morgan fingerprint density at radius 2 is 2.00 bits per heavy atom. The number of nitrogens with zero attached hydrogens (tertiary/aromatic N) is 2. The molecule has 1 aliphatic rings. The van der Waals surface area contributed by atoms with Crippen LogP contribution >= 0.6 is 11.6 Å². The highest BCUT2D eigenvalue weighted by Crippen LogP contribution is 2.44. The molecular formula is C22H21ClFN3O. The third-order valence-electron chi connectivity index (χ3n) is 5.30. The Morgan fingerprint density at radius 1 is 1.18 bits per heavy atom. The van der Waals surface area contributed by atoms with Crippen LogP contribution in [0.3, 0.4) is 0 Å². The molecule has 1 aliphatic carbocycles. The van der Waals surface area contributed by atoms with E-state index in [9.17, 15) is 0 Å². The molecule has 28 heavy (non-hydrogen) atoms. The number of nitrogen functional groups attached to an aromatic ring is 1. The van der Waals surface area contributed by atoms with Gasteiger partial charge in [-0.3, -0.25) is 4.98 Å². The van der Waals surface area contributed by atoms with E-state index in [1.165, 1.54) is 12.4 Å². The molecule has 1 fully saturated rings. The van der Waals surface area contributed by atoms with Crippen molar-refractivity contribution < 1.29 is 9.13 Å². The minimum Gasteiger partial charge on any atom is -0.485 e. The molecule has 144 valence electrons. The highest BCUT2D eigenvalue weighted by Gasteiger charge is 2.27. The lowest BCUT2D eigenvalue weighted by Gasteiger charge is -2.28. The summed E-state index contributed by atoms with van der Waals surface area (Å²) in [5, 5.41) is 0.634. The van der Waals surface area contributed by atoms with Gasteiger partial charge in [0.25, 0.3) is 0 Å². The molecule has 0 bridgehead atoms. The first-order chi connectivity index (χ1) is 13.5. The normalized spacial score (nSPS) is 14.0. The quantitative estimate of drug-likeness (QED) is 0.602. The van der Waals surface area contributed by atoms with Crippen LogP contribution in [0.4, 0.5) is 10.2 Å². The van der Waals surface area contributed by atoms with Gasteiger partial charge >= 0.3 is 0 Å². The van der Waals surface area contributed by atoms with E-state index < -0.39 is 5.82 Å². The van der Waals surface area contributed by atoms with Crippen LogP contribution < -0.4 is 10.5 Å². The van der Waals surface area contributed by atoms with E-state index in [-0.39, 0.29) is 6.61 Å². The SMILES string of the molecule is Cc1ccc(Cl)cc1COc1c(C2CCC2)ccc(-c2cnc(N)cn2)c1F. The minimum absolute atomic E-state index is 0.250. The number of hydrogen-bond acceptors (Lipinski definition) is 4. The van der Waals surface area contributed by atoms with Crippen LogP contribution in [-0.2, 0) is 6.61 Å². The van der Waals surface area contributed by atoms with Crippen LogP contribution in [-0.4, -0.2) is 9.97 Å². The number of aromatic nitrogens is 2. The number of ether oxygens (including phenoxy) is 1. The zero-order valence-corrected chi connectivity index (χ0v) is 16.3. The fraction of sp³-hybridized carbons (Fsp3) is 0.273. The molecule has 0 radical (unpaired) electrons. The fourth-order valence-corrected chi connectivity index (χ4v) is 3.57. The Balaban J connectivity index is 1.71. The molecule has 1 heterocycles. The van der Waals surface area contributed by atoms with Crippen LogP contribution in [0.2, 0.25) is 5.02 Å². The lowest BCUT2D eigenvalue weighted by molar-refractivity contribution is 0.278. The standard InChI is InChI=1S/C22H21ClFN3O/c1-13-5-6-16(23)9-15(13)12-28-22-17(14-3-2-4-14)7-8-18(21(22)24)19-10-27-20(25)11-26-19/h5-11,14H,2-4,12H2,1H3,(H2,25,27). The van der Waals surface area contributed by atoms with Gasteiger partial charge in [0.2, 0.25) is 0 Å². The molecule has 0 unspecified atom stereocenters. The van der Waals surface area contributed by atoms with Gasteiger partial charge in [0.05, 0.1) is 18.1 Å². The Hall–Kier alpha value is -2.66. The van der Waals surface area contributed by atoms with Crippen molar-refractivity contribution in [1.82, 2.24) is 9.97 Å². The number of anilines is 1. The summed E-state index contributed by atoms with van der Waals surface area (Å²) < 4.78 is 21.5. The number of halogens is 2. The monoisotopic (exact) mass is 397 g/mol. The van der Waals surface area contributed by atoms with Gasteiger partial charge in [-0.15, -0.1) is 0 Å². The molecule has 1 saturated carbocycles. The molecule has 2 aromatic carbocycles. The van der Waals surface area contributed by atoms with E-state index >= 15 is 4.39 Å². The van der Waals surface area contributed by atoms with Gasteiger partial charge in [-0.1, -0.05) is 30.2 Å². The smallest absolute Gasteiger partial charge is 0.174 e. The number of hydrogen-bond donors (Lipinski definition) is 1. The molecular weight excluding hydrogens is 377 g/mol. The molecule has 4 rings (SSSR count). The lowest BCUT2D eigenvalue weighted by Crippen LogP contribution is -2.12. The molecule has 0 atom stereocenters. The van der Waals surface area contributed by atoms with E-state index in [1.807, 2.05) is 31.2 Å². The van der Waals surface area contributed by atoms with Crippen molar-refractivity contribution in [2.45, 2.75) is 38.7 Å². The van der Waals surface area contributed by atoms with E-state index in [1.54, 1.807) is 6.07 Å². The zero-order valence-electron chi connectivity index (χ0n) is 15.6. The van der Waals surface area contributed by atoms with Gasteiger partial charge in [0, 0.05) is 16.1 Å². The van der Waals surface area contributed by atoms with Crippen LogP contribution in [0.15, 0.2) is 42.7 Å². The summed E-state index contributed by atoms with van der Waals surface area (Å²) in [7, 11) is 0. The first-order valence-corrected chi connectivity index (χ1v) is 9.69. The molecule has 3 aromatic rings. The summed E-state index contributed by atoms with van der Waals surface area (Å²) in [4.78, 5) is 8.22.